The fraction of sp³-hybridized carbons (Fsp3) is 0.611. The molecule has 2 rings (SSSR count). The highest BCUT2D eigenvalue weighted by atomic mass is 16.5. The van der Waals surface area contributed by atoms with E-state index in [-0.39, 0.29) is 11.9 Å². The van der Waals surface area contributed by atoms with Crippen molar-refractivity contribution in [1.82, 2.24) is 5.32 Å². The molecule has 0 heterocycles. The van der Waals surface area contributed by atoms with Crippen molar-refractivity contribution >= 4 is 5.91 Å². The highest BCUT2D eigenvalue weighted by Crippen LogP contribution is 2.27. The number of ether oxygens (including phenoxy) is 1. The quantitative estimate of drug-likeness (QED) is 0.814. The Labute approximate surface area is 133 Å². The van der Waals surface area contributed by atoms with Crippen LogP contribution < -0.4 is 11.1 Å². The van der Waals surface area contributed by atoms with Crippen LogP contribution in [0.4, 0.5) is 0 Å². The minimum absolute atomic E-state index is 0.0551. The van der Waals surface area contributed by atoms with Gasteiger partial charge in [-0.25, -0.2) is 0 Å². The van der Waals surface area contributed by atoms with Crippen molar-refractivity contribution in [3.8, 4) is 0 Å². The summed E-state index contributed by atoms with van der Waals surface area (Å²) in [6.45, 7) is 2.90. The molecule has 1 saturated carbocycles. The molecule has 1 aromatic rings. The van der Waals surface area contributed by atoms with Crippen molar-refractivity contribution in [1.29, 1.82) is 0 Å². The van der Waals surface area contributed by atoms with Crippen LogP contribution in [0.15, 0.2) is 30.3 Å². The van der Waals surface area contributed by atoms with E-state index in [0.717, 1.165) is 18.4 Å². The van der Waals surface area contributed by atoms with Gasteiger partial charge in [0.2, 0.25) is 0 Å². The Hall–Kier alpha value is -1.39. The molecular weight excluding hydrogens is 276 g/mol. The first-order chi connectivity index (χ1) is 10.8. The number of carbonyl (C=O) groups is 1. The lowest BCUT2D eigenvalue weighted by Gasteiger charge is -2.31. The predicted octanol–water partition coefficient (Wildman–Crippen LogP) is 2.79. The molecule has 0 aromatic heterocycles. The third-order valence-corrected chi connectivity index (χ3v) is 4.47. The zero-order valence-corrected chi connectivity index (χ0v) is 13.5. The number of nitrogens with two attached hydrogens (primary N) is 1. The number of benzene rings is 1. The molecule has 1 aliphatic carbocycles. The number of nitrogens with one attached hydrogen (secondary N) is 1. The Morgan fingerprint density at radius 1 is 1.27 bits per heavy atom. The Kier molecular flexibility index (Phi) is 6.87. The topological polar surface area (TPSA) is 64.3 Å². The van der Waals surface area contributed by atoms with E-state index in [1.165, 1.54) is 19.3 Å². The van der Waals surface area contributed by atoms with Crippen LogP contribution in [0.1, 0.15) is 50.7 Å². The maximum atomic E-state index is 12.7. The van der Waals surface area contributed by atoms with Crippen LogP contribution in [0.25, 0.3) is 0 Å². The van der Waals surface area contributed by atoms with Gasteiger partial charge < -0.3 is 15.8 Å². The van der Waals surface area contributed by atoms with Gasteiger partial charge in [0, 0.05) is 19.2 Å². The van der Waals surface area contributed by atoms with E-state index in [2.05, 4.69) is 5.32 Å². The van der Waals surface area contributed by atoms with Crippen molar-refractivity contribution in [3.05, 3.63) is 35.9 Å². The second-order valence-electron chi connectivity index (χ2n) is 5.99. The van der Waals surface area contributed by atoms with Crippen molar-refractivity contribution in [2.24, 2.45) is 11.7 Å². The van der Waals surface area contributed by atoms with Crippen molar-refractivity contribution in [2.45, 2.75) is 51.2 Å². The monoisotopic (exact) mass is 304 g/mol. The zero-order valence-electron chi connectivity index (χ0n) is 13.5. The second kappa shape index (κ2) is 8.91. The first-order valence-electron chi connectivity index (χ1n) is 8.43. The van der Waals surface area contributed by atoms with Gasteiger partial charge in [0.05, 0.1) is 0 Å². The average Bonchev–Trinajstić information content (AvgIpc) is 2.59. The third-order valence-electron chi connectivity index (χ3n) is 4.47. The standard InChI is InChI=1S/C18H28N2O2/c1-2-22-17(15-11-7-4-8-12-15)18(21)20-16(13-19)14-9-5-3-6-10-14/h4,7-8,11-12,14,16-17H,2-3,5-6,9-10,13,19H2,1H3,(H,20,21). The lowest BCUT2D eigenvalue weighted by atomic mass is 9.83. The van der Waals surface area contributed by atoms with E-state index in [1.54, 1.807) is 0 Å². The summed E-state index contributed by atoms with van der Waals surface area (Å²) >= 11 is 0. The van der Waals surface area contributed by atoms with Gasteiger partial charge >= 0.3 is 0 Å². The lowest BCUT2D eigenvalue weighted by Crippen LogP contribution is -2.47. The molecule has 0 radical (unpaired) electrons. The molecule has 4 heteroatoms. The van der Waals surface area contributed by atoms with E-state index in [9.17, 15) is 4.79 Å². The molecule has 1 aliphatic rings. The van der Waals surface area contributed by atoms with Crippen LogP contribution in [-0.4, -0.2) is 25.1 Å². The summed E-state index contributed by atoms with van der Waals surface area (Å²) in [7, 11) is 0. The molecule has 0 spiro atoms. The molecule has 1 amide bonds. The van der Waals surface area contributed by atoms with Gasteiger partial charge in [-0.1, -0.05) is 49.6 Å². The average molecular weight is 304 g/mol. The van der Waals surface area contributed by atoms with Gasteiger partial charge in [0.15, 0.2) is 6.10 Å². The minimum atomic E-state index is -0.552. The van der Waals surface area contributed by atoms with Crippen LogP contribution >= 0.6 is 0 Å². The number of amides is 1. The summed E-state index contributed by atoms with van der Waals surface area (Å²) < 4.78 is 5.67. The molecule has 3 N–H and O–H groups in total. The lowest BCUT2D eigenvalue weighted by molar-refractivity contribution is -0.134. The highest BCUT2D eigenvalue weighted by molar-refractivity contribution is 5.82. The van der Waals surface area contributed by atoms with Gasteiger partial charge in [0.1, 0.15) is 0 Å². The summed E-state index contributed by atoms with van der Waals surface area (Å²) in [5.74, 6) is 0.426. The van der Waals surface area contributed by atoms with E-state index in [1.807, 2.05) is 37.3 Å². The molecule has 1 fully saturated rings. The normalized spacial score (nSPS) is 18.6. The number of hydrogen-bond acceptors (Lipinski definition) is 3. The maximum Gasteiger partial charge on any atom is 0.254 e. The van der Waals surface area contributed by atoms with Crippen LogP contribution in [0.3, 0.4) is 0 Å². The van der Waals surface area contributed by atoms with E-state index in [0.29, 0.717) is 19.1 Å². The minimum Gasteiger partial charge on any atom is -0.364 e. The van der Waals surface area contributed by atoms with Gasteiger partial charge in [0.25, 0.3) is 5.91 Å². The molecule has 122 valence electrons. The molecule has 22 heavy (non-hydrogen) atoms. The summed E-state index contributed by atoms with van der Waals surface area (Å²) in [6.07, 6.45) is 5.55. The Morgan fingerprint density at radius 3 is 2.55 bits per heavy atom. The molecule has 4 nitrogen and oxygen atoms in total. The number of hydrogen-bond donors (Lipinski definition) is 2. The largest absolute Gasteiger partial charge is 0.364 e. The third kappa shape index (κ3) is 4.55. The van der Waals surface area contributed by atoms with Gasteiger partial charge in [-0.3, -0.25) is 4.79 Å². The van der Waals surface area contributed by atoms with E-state index >= 15 is 0 Å². The van der Waals surface area contributed by atoms with Crippen LogP contribution in [0.2, 0.25) is 0 Å². The molecule has 0 saturated heterocycles. The number of rotatable bonds is 7. The Bertz CT molecular complexity index is 444. The van der Waals surface area contributed by atoms with Crippen molar-refractivity contribution < 1.29 is 9.53 Å². The SMILES string of the molecule is CCOC(C(=O)NC(CN)C1CCCCC1)c1ccccc1. The summed E-state index contributed by atoms with van der Waals surface area (Å²) in [6, 6.07) is 9.71. The fourth-order valence-corrected chi connectivity index (χ4v) is 3.28. The Balaban J connectivity index is 2.03. The van der Waals surface area contributed by atoms with Crippen LogP contribution in [0.5, 0.6) is 0 Å². The molecule has 0 bridgehead atoms. The molecular formula is C18H28N2O2. The van der Waals surface area contributed by atoms with Gasteiger partial charge in [-0.15, -0.1) is 0 Å². The van der Waals surface area contributed by atoms with Gasteiger partial charge in [-0.05, 0) is 31.2 Å². The molecule has 0 aliphatic heterocycles. The summed E-state index contributed by atoms with van der Waals surface area (Å²) in [5, 5.41) is 3.13. The molecule has 2 unspecified atom stereocenters. The maximum absolute atomic E-state index is 12.7. The van der Waals surface area contributed by atoms with Crippen molar-refractivity contribution in [3.63, 3.8) is 0 Å². The first-order valence-corrected chi connectivity index (χ1v) is 8.43. The Morgan fingerprint density at radius 2 is 1.95 bits per heavy atom. The smallest absolute Gasteiger partial charge is 0.254 e. The van der Waals surface area contributed by atoms with Crippen LogP contribution in [0, 0.1) is 5.92 Å². The van der Waals surface area contributed by atoms with Gasteiger partial charge in [-0.2, -0.15) is 0 Å². The second-order valence-corrected chi connectivity index (χ2v) is 5.99. The van der Waals surface area contributed by atoms with E-state index < -0.39 is 6.10 Å². The molecule has 2 atom stereocenters. The first kappa shape index (κ1) is 17.0. The predicted molar refractivity (Wildman–Crippen MR) is 88.4 cm³/mol. The highest BCUT2D eigenvalue weighted by Gasteiger charge is 2.28. The summed E-state index contributed by atoms with van der Waals surface area (Å²) in [5.41, 5.74) is 6.80. The van der Waals surface area contributed by atoms with Crippen molar-refractivity contribution in [2.75, 3.05) is 13.2 Å². The molecule has 1 aromatic carbocycles. The summed E-state index contributed by atoms with van der Waals surface area (Å²) in [4.78, 5) is 12.7. The fourth-order valence-electron chi connectivity index (χ4n) is 3.28. The van der Waals surface area contributed by atoms with E-state index in [4.69, 9.17) is 10.5 Å². The van der Waals surface area contributed by atoms with Crippen LogP contribution in [-0.2, 0) is 9.53 Å². The number of carbonyl (C=O) groups excluding carboxylic acids is 1. The zero-order chi connectivity index (χ0) is 15.8.